The second-order valence-electron chi connectivity index (χ2n) is 7.53. The van der Waals surface area contributed by atoms with Crippen molar-refractivity contribution in [3.63, 3.8) is 0 Å². The van der Waals surface area contributed by atoms with Gasteiger partial charge in [-0.2, -0.15) is 26.3 Å². The van der Waals surface area contributed by atoms with E-state index in [0.29, 0.717) is 5.46 Å². The number of piperidine rings is 1. The smallest absolute Gasteiger partial charge is 0.295 e. The Morgan fingerprint density at radius 2 is 1.50 bits per heavy atom. The van der Waals surface area contributed by atoms with E-state index >= 15 is 0 Å². The van der Waals surface area contributed by atoms with Crippen molar-refractivity contribution in [1.82, 2.24) is 4.90 Å². The zero-order chi connectivity index (χ0) is 20.6. The molecule has 0 aromatic heterocycles. The molecule has 1 aliphatic heterocycles. The Labute approximate surface area is 161 Å². The summed E-state index contributed by atoms with van der Waals surface area (Å²) in [4.78, 5) is 1.06. The summed E-state index contributed by atoms with van der Waals surface area (Å²) in [5.41, 5.74) is -0.631. The largest absolute Gasteiger partial charge is 0.401 e. The maximum atomic E-state index is 13.9. The molecule has 0 saturated carbocycles. The molecule has 2 aromatic rings. The summed E-state index contributed by atoms with van der Waals surface area (Å²) in [7, 11) is 5.95. The highest BCUT2D eigenvalue weighted by atomic mass is 19.4. The number of fused-ring (bicyclic) bond motifs is 1. The molecule has 1 aliphatic rings. The highest BCUT2D eigenvalue weighted by Crippen LogP contribution is 2.49. The Kier molecular flexibility index (Phi) is 5.72. The minimum atomic E-state index is -4.46. The molecular formula is C20H20BF6N. The quantitative estimate of drug-likeness (QED) is 0.529. The molecule has 0 amide bonds. The first-order valence-corrected chi connectivity index (χ1v) is 9.13. The highest BCUT2D eigenvalue weighted by Gasteiger charge is 2.55. The van der Waals surface area contributed by atoms with Crippen LogP contribution in [0.5, 0.6) is 0 Å². The molecule has 0 aliphatic carbocycles. The highest BCUT2D eigenvalue weighted by molar-refractivity contribution is 6.38. The van der Waals surface area contributed by atoms with Crippen LogP contribution in [0.2, 0.25) is 0 Å². The molecule has 2 aromatic carbocycles. The van der Waals surface area contributed by atoms with Gasteiger partial charge in [0.25, 0.3) is 0 Å². The number of likely N-dealkylation sites (tertiary alicyclic amines) is 1. The van der Waals surface area contributed by atoms with Crippen LogP contribution < -0.4 is 5.46 Å². The van der Waals surface area contributed by atoms with Crippen molar-refractivity contribution in [2.45, 2.75) is 38.0 Å². The second-order valence-corrected chi connectivity index (χ2v) is 7.53. The maximum Gasteiger partial charge on any atom is 0.401 e. The van der Waals surface area contributed by atoms with E-state index in [9.17, 15) is 26.3 Å². The fourth-order valence-corrected chi connectivity index (χ4v) is 4.06. The normalized spacial score (nSPS) is 18.5. The lowest BCUT2D eigenvalue weighted by Crippen LogP contribution is -2.50. The number of halogens is 6. The summed E-state index contributed by atoms with van der Waals surface area (Å²) in [5.74, 6) is 0. The van der Waals surface area contributed by atoms with Gasteiger partial charge in [0.2, 0.25) is 0 Å². The molecule has 1 fully saturated rings. The van der Waals surface area contributed by atoms with Crippen molar-refractivity contribution in [2.24, 2.45) is 5.41 Å². The van der Waals surface area contributed by atoms with Crippen molar-refractivity contribution in [3.8, 4) is 0 Å². The number of rotatable bonds is 4. The van der Waals surface area contributed by atoms with Crippen LogP contribution in [0, 0.1) is 5.41 Å². The van der Waals surface area contributed by atoms with Gasteiger partial charge in [-0.15, -0.1) is 0 Å². The SMILES string of the molecule is [B]c1cccc2c(CCC3(C(F)(F)F)CCN(CC(F)(F)F)CC3)cccc12. The predicted octanol–water partition coefficient (Wildman–Crippen LogP) is 4.77. The van der Waals surface area contributed by atoms with Gasteiger partial charge in [0, 0.05) is 0 Å². The topological polar surface area (TPSA) is 3.24 Å². The molecule has 2 radical (unpaired) electrons. The number of nitrogens with zero attached hydrogens (tertiary/aromatic N) is 1. The molecule has 0 spiro atoms. The van der Waals surface area contributed by atoms with Gasteiger partial charge in [0.1, 0.15) is 7.85 Å². The average molecular weight is 399 g/mol. The van der Waals surface area contributed by atoms with Crippen LogP contribution in [-0.2, 0) is 6.42 Å². The van der Waals surface area contributed by atoms with E-state index in [-0.39, 0.29) is 38.8 Å². The fourth-order valence-electron chi connectivity index (χ4n) is 4.06. The number of benzene rings is 2. The van der Waals surface area contributed by atoms with Crippen LogP contribution in [0.15, 0.2) is 36.4 Å². The fraction of sp³-hybridized carbons (Fsp3) is 0.500. The number of hydrogen-bond acceptors (Lipinski definition) is 1. The second kappa shape index (κ2) is 7.62. The number of hydrogen-bond donors (Lipinski definition) is 0. The van der Waals surface area contributed by atoms with E-state index in [1.165, 1.54) is 0 Å². The summed E-state index contributed by atoms with van der Waals surface area (Å²) >= 11 is 0. The Bertz CT molecular complexity index is 822. The Balaban J connectivity index is 1.78. The van der Waals surface area contributed by atoms with Crippen molar-refractivity contribution in [3.05, 3.63) is 42.0 Å². The Morgan fingerprint density at radius 1 is 0.893 bits per heavy atom. The third kappa shape index (κ3) is 4.48. The van der Waals surface area contributed by atoms with Gasteiger partial charge in [0.05, 0.1) is 12.0 Å². The summed E-state index contributed by atoms with van der Waals surface area (Å²) in [5, 5.41) is 1.61. The lowest BCUT2D eigenvalue weighted by molar-refractivity contribution is -0.243. The lowest BCUT2D eigenvalue weighted by Gasteiger charge is -2.43. The molecule has 1 nitrogen and oxygen atoms in total. The molecule has 28 heavy (non-hydrogen) atoms. The molecule has 1 saturated heterocycles. The first-order chi connectivity index (χ1) is 13.0. The predicted molar refractivity (Wildman–Crippen MR) is 97.9 cm³/mol. The van der Waals surface area contributed by atoms with Crippen LogP contribution in [-0.4, -0.2) is 44.7 Å². The summed E-state index contributed by atoms with van der Waals surface area (Å²) in [6, 6.07) is 10.7. The van der Waals surface area contributed by atoms with Crippen molar-refractivity contribution >= 4 is 24.1 Å². The van der Waals surface area contributed by atoms with Crippen LogP contribution >= 0.6 is 0 Å². The molecule has 0 unspecified atom stereocenters. The van der Waals surface area contributed by atoms with Crippen LogP contribution in [0.1, 0.15) is 24.8 Å². The summed E-state index contributed by atoms with van der Waals surface area (Å²) in [6.07, 6.45) is -9.45. The van der Waals surface area contributed by atoms with Crippen molar-refractivity contribution < 1.29 is 26.3 Å². The third-order valence-electron chi connectivity index (χ3n) is 5.74. The molecule has 0 bridgehead atoms. The van der Waals surface area contributed by atoms with Crippen LogP contribution in [0.3, 0.4) is 0 Å². The van der Waals surface area contributed by atoms with E-state index in [4.69, 9.17) is 7.85 Å². The zero-order valence-corrected chi connectivity index (χ0v) is 15.2. The van der Waals surface area contributed by atoms with Gasteiger partial charge < -0.3 is 0 Å². The first kappa shape index (κ1) is 21.0. The van der Waals surface area contributed by atoms with Crippen molar-refractivity contribution in [2.75, 3.05) is 19.6 Å². The Morgan fingerprint density at radius 3 is 2.11 bits per heavy atom. The summed E-state index contributed by atoms with van der Waals surface area (Å²) < 4.78 is 79.3. The van der Waals surface area contributed by atoms with E-state index < -0.39 is 24.3 Å². The van der Waals surface area contributed by atoms with E-state index in [1.54, 1.807) is 24.3 Å². The van der Waals surface area contributed by atoms with E-state index in [1.807, 2.05) is 12.1 Å². The Hall–Kier alpha value is -1.70. The van der Waals surface area contributed by atoms with Gasteiger partial charge in [-0.05, 0) is 55.1 Å². The minimum absolute atomic E-state index is 0.149. The molecule has 150 valence electrons. The van der Waals surface area contributed by atoms with Gasteiger partial charge in [-0.3, -0.25) is 4.90 Å². The number of alkyl halides is 6. The van der Waals surface area contributed by atoms with Gasteiger partial charge in [0.15, 0.2) is 0 Å². The van der Waals surface area contributed by atoms with Crippen LogP contribution in [0.25, 0.3) is 10.8 Å². The molecule has 0 atom stereocenters. The monoisotopic (exact) mass is 399 g/mol. The van der Waals surface area contributed by atoms with E-state index in [2.05, 4.69) is 0 Å². The zero-order valence-electron chi connectivity index (χ0n) is 15.2. The lowest BCUT2D eigenvalue weighted by atomic mass is 9.73. The molecule has 3 rings (SSSR count). The standard InChI is InChI=1S/C20H20BF6N/c21-17-6-2-4-15-14(3-1-5-16(15)17)7-8-18(20(25,26)27)9-11-28(12-10-18)13-19(22,23)24/h1-6H,7-13H2. The van der Waals surface area contributed by atoms with Crippen molar-refractivity contribution in [1.29, 1.82) is 0 Å². The van der Waals surface area contributed by atoms with Gasteiger partial charge >= 0.3 is 12.4 Å². The maximum absolute atomic E-state index is 13.9. The van der Waals surface area contributed by atoms with Gasteiger partial charge in [-0.1, -0.05) is 41.9 Å². The molecule has 0 N–H and O–H groups in total. The van der Waals surface area contributed by atoms with Gasteiger partial charge in [-0.25, -0.2) is 0 Å². The van der Waals surface area contributed by atoms with Crippen LogP contribution in [0.4, 0.5) is 26.3 Å². The minimum Gasteiger partial charge on any atom is -0.295 e. The third-order valence-corrected chi connectivity index (χ3v) is 5.74. The molecule has 8 heteroatoms. The average Bonchev–Trinajstić information content (AvgIpc) is 2.59. The molecule has 1 heterocycles. The number of aryl methyl sites for hydroxylation is 1. The molecular weight excluding hydrogens is 379 g/mol. The first-order valence-electron chi connectivity index (χ1n) is 9.13. The summed E-state index contributed by atoms with van der Waals surface area (Å²) in [6.45, 7) is -1.58. The van der Waals surface area contributed by atoms with E-state index in [0.717, 1.165) is 21.2 Å².